The van der Waals surface area contributed by atoms with Gasteiger partial charge in [-0.25, -0.2) is 5.01 Å². The summed E-state index contributed by atoms with van der Waals surface area (Å²) in [6.07, 6.45) is 2.90. The summed E-state index contributed by atoms with van der Waals surface area (Å²) in [7, 11) is -4.05. The highest BCUT2D eigenvalue weighted by atomic mass is 32.2. The number of nitroso groups, excluding NO2 is 1. The van der Waals surface area contributed by atoms with Crippen molar-refractivity contribution in [1.82, 2.24) is 10.3 Å². The van der Waals surface area contributed by atoms with Gasteiger partial charge in [-0.2, -0.15) is 26.4 Å². The molecule has 11 nitrogen and oxygen atoms in total. The molecule has 39 heavy (non-hydrogen) atoms. The van der Waals surface area contributed by atoms with Crippen molar-refractivity contribution in [3.8, 4) is 0 Å². The van der Waals surface area contributed by atoms with Crippen LogP contribution in [0.2, 0.25) is 0 Å². The Morgan fingerprint density at radius 1 is 1.10 bits per heavy atom. The minimum absolute atomic E-state index is 0.250. The van der Waals surface area contributed by atoms with Gasteiger partial charge in [-0.3, -0.25) is 8.98 Å². The largest absolute Gasteiger partial charge is 0.523 e. The van der Waals surface area contributed by atoms with Crippen LogP contribution in [0.15, 0.2) is 5.29 Å². The molecule has 1 saturated carbocycles. The summed E-state index contributed by atoms with van der Waals surface area (Å²) in [5.41, 5.74) is 4.61. The second-order valence-electron chi connectivity index (χ2n) is 10.4. The Kier molecular flexibility index (Phi) is 22.6. The number of rotatable bonds is 3. The fourth-order valence-electron chi connectivity index (χ4n) is 0.851. The van der Waals surface area contributed by atoms with Crippen LogP contribution in [0.25, 0.3) is 5.53 Å². The van der Waals surface area contributed by atoms with E-state index in [4.69, 9.17) is 10.3 Å². The number of halogens is 3. The third-order valence-corrected chi connectivity index (χ3v) is 5.30. The molecule has 0 bridgehead atoms. The van der Waals surface area contributed by atoms with Gasteiger partial charge in [-0.1, -0.05) is 27.7 Å². The Hall–Kier alpha value is -1.93. The number of nitrogens with one attached hydrogen (secondary N) is 1. The Balaban J connectivity index is -0.000000190. The third-order valence-electron chi connectivity index (χ3n) is 4.19. The topological polar surface area (TPSA) is 164 Å². The summed E-state index contributed by atoms with van der Waals surface area (Å²) in [4.78, 5) is 22.2. The van der Waals surface area contributed by atoms with Crippen LogP contribution in [0.4, 0.5) is 13.2 Å². The minimum Gasteiger partial charge on any atom is -0.370 e. The van der Waals surface area contributed by atoms with Crippen molar-refractivity contribution >= 4 is 21.7 Å². The van der Waals surface area contributed by atoms with E-state index in [-0.39, 0.29) is 11.5 Å². The van der Waals surface area contributed by atoms with Crippen LogP contribution in [-0.2, 0) is 23.8 Å². The van der Waals surface area contributed by atoms with Crippen LogP contribution >= 0.6 is 0 Å². The quantitative estimate of drug-likeness (QED) is 0.0640. The van der Waals surface area contributed by atoms with Gasteiger partial charge < -0.3 is 15.6 Å². The lowest BCUT2D eigenvalue weighted by atomic mass is 10.2. The lowest BCUT2D eigenvalue weighted by molar-refractivity contribution is -0.127. The van der Waals surface area contributed by atoms with Crippen molar-refractivity contribution in [1.29, 1.82) is 0 Å². The van der Waals surface area contributed by atoms with E-state index >= 15 is 0 Å². The Labute approximate surface area is 232 Å². The van der Waals surface area contributed by atoms with Crippen molar-refractivity contribution in [3.63, 3.8) is 0 Å². The Morgan fingerprint density at radius 3 is 1.41 bits per heavy atom. The lowest BCUT2D eigenvalue weighted by Gasteiger charge is -2.05. The van der Waals surface area contributed by atoms with E-state index < -0.39 is 22.2 Å². The van der Waals surface area contributed by atoms with Gasteiger partial charge in [0.25, 0.3) is 5.71 Å². The standard InChI is InChI=1S/C5H10.C4H9N.C4H8O.C3H5F3O3S.C3H6N2O2.C3H6N2.C2H6/c1-5(2)3-4-5;2*1-4(2)3-5-4;1-2-9-10(7,8)3(4,5)6;1-3(6)5(2)4-7;1-3(2)5-4;1-2/h3-4H2,1-2H3;5H,3H2,1-2H3;3H2,1-2H3;2H2,1H3;1-2H3;1-2H3;1-2H3. The molecule has 15 heteroatoms. The molecule has 234 valence electrons. The summed E-state index contributed by atoms with van der Waals surface area (Å²) < 4.78 is 62.1. The Morgan fingerprint density at radius 2 is 1.38 bits per heavy atom. The zero-order valence-electron chi connectivity index (χ0n) is 25.8. The molecule has 0 spiro atoms. The SMILES string of the molecule is CC.CC(=O)N(C)N=O.CC(C)=[N+]=[N-].CC1(C)CC1.CC1(C)CN1.CC1(C)CO1.CCOS(=O)(=O)C(F)(F)F. The first-order valence-electron chi connectivity index (χ1n) is 12.5. The van der Waals surface area contributed by atoms with Gasteiger partial charge in [-0.15, -0.1) is 4.91 Å². The first-order valence-corrected chi connectivity index (χ1v) is 13.9. The molecule has 3 rings (SSSR count). The lowest BCUT2D eigenvalue weighted by Crippen LogP contribution is -2.25. The zero-order chi connectivity index (χ0) is 32.3. The molecule has 1 aliphatic carbocycles. The molecule has 0 aromatic carbocycles. The zero-order valence-corrected chi connectivity index (χ0v) is 26.6. The fourth-order valence-corrected chi connectivity index (χ4v) is 1.29. The maximum Gasteiger partial charge on any atom is 0.523 e. The van der Waals surface area contributed by atoms with E-state index in [1.54, 1.807) is 13.8 Å². The van der Waals surface area contributed by atoms with Gasteiger partial charge in [-0.05, 0) is 52.9 Å². The molecule has 3 fully saturated rings. The number of hydrogen-bond acceptors (Lipinski definition) is 8. The first kappa shape index (κ1) is 44.1. The van der Waals surface area contributed by atoms with Gasteiger partial charge in [0.05, 0.1) is 24.1 Å². The highest BCUT2D eigenvalue weighted by Gasteiger charge is 2.46. The summed E-state index contributed by atoms with van der Waals surface area (Å²) in [5.74, 6) is -0.352. The molecule has 2 saturated heterocycles. The van der Waals surface area contributed by atoms with Gasteiger partial charge in [0, 0.05) is 39.9 Å². The van der Waals surface area contributed by atoms with Gasteiger partial charge in [0.1, 0.15) is 0 Å². The molecule has 0 aromatic rings. The molecular formula is C24H50F3N5O6S. The van der Waals surface area contributed by atoms with Crippen LogP contribution in [0.5, 0.6) is 0 Å². The van der Waals surface area contributed by atoms with Crippen molar-refractivity contribution in [2.24, 2.45) is 10.7 Å². The number of carbonyl (C=O) groups is 1. The number of epoxide rings is 1. The van der Waals surface area contributed by atoms with E-state index in [1.165, 1.54) is 33.4 Å². The molecule has 0 atom stereocenters. The van der Waals surface area contributed by atoms with Crippen molar-refractivity contribution in [2.75, 3.05) is 26.8 Å². The van der Waals surface area contributed by atoms with E-state index in [0.717, 1.165) is 24.0 Å². The van der Waals surface area contributed by atoms with Crippen LogP contribution < -0.4 is 5.32 Å². The average Bonchev–Trinajstić information content (AvgIpc) is 3.77. The maximum atomic E-state index is 11.3. The molecule has 2 heterocycles. The van der Waals surface area contributed by atoms with Crippen molar-refractivity contribution in [3.05, 3.63) is 10.4 Å². The number of nitrogens with zero attached hydrogens (tertiary/aromatic N) is 4. The summed E-state index contributed by atoms with van der Waals surface area (Å²) >= 11 is 0. The normalized spacial score (nSPS) is 17.3. The molecule has 0 unspecified atom stereocenters. The Bertz CT molecular complexity index is 797. The molecule has 2 aliphatic heterocycles. The van der Waals surface area contributed by atoms with Crippen LogP contribution in [0.3, 0.4) is 0 Å². The predicted molar refractivity (Wildman–Crippen MR) is 147 cm³/mol. The third kappa shape index (κ3) is 36.1. The number of amides is 1. The molecule has 1 amide bonds. The highest BCUT2D eigenvalue weighted by Crippen LogP contribution is 2.43. The fraction of sp³-hybridized carbons (Fsp3) is 0.917. The van der Waals surface area contributed by atoms with Gasteiger partial charge >= 0.3 is 15.6 Å². The number of hydrogen-bond donors (Lipinski definition) is 1. The summed E-state index contributed by atoms with van der Waals surface area (Å²) in [6.45, 7) is 24.6. The predicted octanol–water partition coefficient (Wildman–Crippen LogP) is 5.71. The van der Waals surface area contributed by atoms with E-state index in [1.807, 2.05) is 13.8 Å². The number of ether oxygens (including phenoxy) is 1. The van der Waals surface area contributed by atoms with Crippen LogP contribution in [0, 0.1) is 10.3 Å². The van der Waals surface area contributed by atoms with Crippen LogP contribution in [0.1, 0.15) is 95.9 Å². The molecule has 1 N–H and O–H groups in total. The van der Waals surface area contributed by atoms with E-state index in [0.29, 0.717) is 11.3 Å². The molecule has 0 aromatic heterocycles. The average molecular weight is 594 g/mol. The van der Waals surface area contributed by atoms with E-state index in [9.17, 15) is 31.3 Å². The van der Waals surface area contributed by atoms with Gasteiger partial charge in [0.15, 0.2) is 0 Å². The van der Waals surface area contributed by atoms with E-state index in [2.05, 4.69) is 61.1 Å². The first-order chi connectivity index (χ1) is 17.4. The molecule has 3 aliphatic rings. The highest BCUT2D eigenvalue weighted by molar-refractivity contribution is 7.87. The van der Waals surface area contributed by atoms with Crippen LogP contribution in [-0.4, -0.2) is 73.3 Å². The monoisotopic (exact) mass is 593 g/mol. The number of alkyl halides is 3. The second kappa shape index (κ2) is 20.0. The number of carbonyl (C=O) groups excluding carboxylic acids is 1. The second-order valence-corrected chi connectivity index (χ2v) is 12.0. The smallest absolute Gasteiger partial charge is 0.370 e. The summed E-state index contributed by atoms with van der Waals surface area (Å²) in [6, 6.07) is 0. The van der Waals surface area contributed by atoms with Crippen molar-refractivity contribution < 1.29 is 40.1 Å². The summed E-state index contributed by atoms with van der Waals surface area (Å²) in [5, 5.41) is 6.22. The molecular weight excluding hydrogens is 543 g/mol. The maximum absolute atomic E-state index is 11.3. The minimum atomic E-state index is -5.35. The molecule has 0 radical (unpaired) electrons. The van der Waals surface area contributed by atoms with Gasteiger partial charge in [0.2, 0.25) is 5.91 Å². The van der Waals surface area contributed by atoms with Crippen molar-refractivity contribution in [2.45, 2.75) is 113 Å².